The van der Waals surface area contributed by atoms with Crippen molar-refractivity contribution in [2.24, 2.45) is 0 Å². The average Bonchev–Trinajstić information content (AvgIpc) is 0. The molecule has 3 N–H and O–H groups in total. The third kappa shape index (κ3) is 9.35. The first-order valence-electron chi connectivity index (χ1n) is 0. The van der Waals surface area contributed by atoms with Gasteiger partial charge in [0.25, 0.3) is 0 Å². The average molecular weight is 84.3 g/mol. The first-order chi connectivity index (χ1) is 0. The van der Waals surface area contributed by atoms with E-state index >= 15 is 0 Å². The molecule has 0 aromatic heterocycles. The molecule has 0 aromatic carbocycles. The summed E-state index contributed by atoms with van der Waals surface area (Å²) in [4.78, 5) is 0. The number of hydrogen-bond donors (Lipinski definition) is 0. The number of hydrogen-bond acceptors (Lipinski definition) is 1. The van der Waals surface area contributed by atoms with E-state index in [1.165, 1.54) is 0 Å². The first kappa shape index (κ1) is 43.9. The molecule has 0 spiro atoms. The molecule has 2 nitrogen and oxygen atoms in total. The standard InChI is InChI=1S/Mg.Na.2H2O.2H/h;;2*1H2;;/q;+1;;;;/p-1. The molecule has 4 heavy (non-hydrogen) atoms. The fourth-order valence-corrected chi connectivity index (χ4v) is 0. The van der Waals surface area contributed by atoms with Crippen molar-refractivity contribution < 1.29 is 40.5 Å². The Kier molecular flexibility index (Phi) is 246. The molecule has 0 saturated carbocycles. The van der Waals surface area contributed by atoms with Crippen molar-refractivity contribution >= 4 is 23.1 Å². The van der Waals surface area contributed by atoms with Crippen LogP contribution in [0.3, 0.4) is 0 Å². The molecule has 0 atom stereocenters. The van der Waals surface area contributed by atoms with E-state index in [2.05, 4.69) is 0 Å². The molecule has 0 saturated heterocycles. The summed E-state index contributed by atoms with van der Waals surface area (Å²) in [5.41, 5.74) is 0. The Labute approximate surface area is 63.0 Å². The predicted octanol–water partition coefficient (Wildman–Crippen LogP) is -4.91. The van der Waals surface area contributed by atoms with E-state index in [0.29, 0.717) is 0 Å². The molecule has 0 radical (unpaired) electrons. The predicted molar refractivity (Wildman–Crippen MR) is 14.1 cm³/mol. The maximum absolute atomic E-state index is 0. The van der Waals surface area contributed by atoms with Crippen LogP contribution in [0.1, 0.15) is 0 Å². The molecule has 0 heterocycles. The second-order valence-electron chi connectivity index (χ2n) is 0. The van der Waals surface area contributed by atoms with Crippen LogP contribution in [0.25, 0.3) is 0 Å². The Morgan fingerprint density at radius 1 is 1.00 bits per heavy atom. The molecule has 0 aliphatic rings. The molecule has 0 amide bonds. The van der Waals surface area contributed by atoms with Crippen molar-refractivity contribution in [3.63, 3.8) is 0 Å². The largest absolute Gasteiger partial charge is 1.00 e. The monoisotopic (exact) mass is 84.0 g/mol. The zero-order valence-corrected chi connectivity index (χ0v) is 3.95. The summed E-state index contributed by atoms with van der Waals surface area (Å²) < 4.78 is 0. The van der Waals surface area contributed by atoms with Gasteiger partial charge < -0.3 is 11.0 Å². The van der Waals surface area contributed by atoms with Crippen LogP contribution in [-0.2, 0) is 0 Å². The molecule has 0 aliphatic heterocycles. The SMILES string of the molecule is O.[MgH2].[Na+].[OH-]. The van der Waals surface area contributed by atoms with Gasteiger partial charge in [0.2, 0.25) is 0 Å². The zero-order valence-electron chi connectivity index (χ0n) is 1.95. The summed E-state index contributed by atoms with van der Waals surface area (Å²) in [6.07, 6.45) is 0. The van der Waals surface area contributed by atoms with Crippen molar-refractivity contribution in [1.29, 1.82) is 0 Å². The fourth-order valence-electron chi connectivity index (χ4n) is 0. The number of rotatable bonds is 0. The zero-order chi connectivity index (χ0) is 0. The molecule has 0 bridgehead atoms. The molecule has 0 aromatic rings. The molecule has 0 unspecified atom stereocenters. The van der Waals surface area contributed by atoms with Crippen LogP contribution < -0.4 is 29.6 Å². The van der Waals surface area contributed by atoms with Gasteiger partial charge in [-0.1, -0.05) is 0 Å². The normalized spacial score (nSPS) is 0. The quantitative estimate of drug-likeness (QED) is 0.271. The Morgan fingerprint density at radius 3 is 1.00 bits per heavy atom. The Bertz CT molecular complexity index is 6.00. The second-order valence-corrected chi connectivity index (χ2v) is 0. The van der Waals surface area contributed by atoms with Crippen LogP contribution in [0.4, 0.5) is 0 Å². The minimum Gasteiger partial charge on any atom is -0.870 e. The van der Waals surface area contributed by atoms with Gasteiger partial charge in [0.15, 0.2) is 0 Å². The Balaban J connectivity index is 0. The molecule has 20 valence electrons. The van der Waals surface area contributed by atoms with Crippen molar-refractivity contribution in [2.75, 3.05) is 0 Å². The summed E-state index contributed by atoms with van der Waals surface area (Å²) in [5.74, 6) is 0. The maximum Gasteiger partial charge on any atom is 1.00 e. The van der Waals surface area contributed by atoms with E-state index < -0.39 is 0 Å². The van der Waals surface area contributed by atoms with E-state index in [4.69, 9.17) is 0 Å². The smallest absolute Gasteiger partial charge is 0.870 e. The van der Waals surface area contributed by atoms with Crippen molar-refractivity contribution in [1.82, 2.24) is 0 Å². The van der Waals surface area contributed by atoms with Crippen molar-refractivity contribution in [3.8, 4) is 0 Å². The van der Waals surface area contributed by atoms with Crippen molar-refractivity contribution in [2.45, 2.75) is 0 Å². The van der Waals surface area contributed by atoms with Crippen LogP contribution in [0.2, 0.25) is 0 Å². The van der Waals surface area contributed by atoms with Gasteiger partial charge in [-0.05, 0) is 0 Å². The molecule has 0 aliphatic carbocycles. The third-order valence-electron chi connectivity index (χ3n) is 0. The fraction of sp³-hybridized carbons (Fsp3) is 0. The van der Waals surface area contributed by atoms with Gasteiger partial charge in [-0.15, -0.1) is 0 Å². The molecular weight excluding hydrogens is 79.3 g/mol. The molecule has 4 heteroatoms. The second kappa shape index (κ2) is 22.4. The van der Waals surface area contributed by atoms with E-state index in [-0.39, 0.29) is 63.6 Å². The van der Waals surface area contributed by atoms with Gasteiger partial charge >= 0.3 is 52.6 Å². The summed E-state index contributed by atoms with van der Waals surface area (Å²) in [6.45, 7) is 0. The van der Waals surface area contributed by atoms with Crippen LogP contribution in [0.5, 0.6) is 0 Å². The summed E-state index contributed by atoms with van der Waals surface area (Å²) in [5, 5.41) is 0. The van der Waals surface area contributed by atoms with Gasteiger partial charge in [-0.25, -0.2) is 0 Å². The summed E-state index contributed by atoms with van der Waals surface area (Å²) in [7, 11) is 0. The third-order valence-corrected chi connectivity index (χ3v) is 0. The summed E-state index contributed by atoms with van der Waals surface area (Å²) >= 11 is 0. The van der Waals surface area contributed by atoms with Gasteiger partial charge in [0, 0.05) is 0 Å². The van der Waals surface area contributed by atoms with Crippen molar-refractivity contribution in [3.05, 3.63) is 0 Å². The Morgan fingerprint density at radius 2 is 1.00 bits per heavy atom. The minimum atomic E-state index is 0. The van der Waals surface area contributed by atoms with Crippen LogP contribution >= 0.6 is 0 Å². The van der Waals surface area contributed by atoms with Gasteiger partial charge in [0.05, 0.1) is 0 Å². The molecule has 0 fully saturated rings. The molecule has 0 rings (SSSR count). The van der Waals surface area contributed by atoms with Crippen LogP contribution in [-0.4, -0.2) is 34.0 Å². The van der Waals surface area contributed by atoms with Gasteiger partial charge in [-0.3, -0.25) is 0 Å². The summed E-state index contributed by atoms with van der Waals surface area (Å²) in [6, 6.07) is 0. The molecular formula is H5MgNaO2. The maximum atomic E-state index is 0. The van der Waals surface area contributed by atoms with E-state index in [9.17, 15) is 0 Å². The topological polar surface area (TPSA) is 61.5 Å². The van der Waals surface area contributed by atoms with Gasteiger partial charge in [-0.2, -0.15) is 0 Å². The first-order valence-corrected chi connectivity index (χ1v) is 0. The van der Waals surface area contributed by atoms with Crippen LogP contribution in [0.15, 0.2) is 0 Å². The minimum absolute atomic E-state index is 0. The van der Waals surface area contributed by atoms with E-state index in [0.717, 1.165) is 0 Å². The Hall–Kier alpha value is 1.69. The van der Waals surface area contributed by atoms with E-state index in [1.807, 2.05) is 0 Å². The van der Waals surface area contributed by atoms with Gasteiger partial charge in [0.1, 0.15) is 0 Å². The van der Waals surface area contributed by atoms with Crippen LogP contribution in [0, 0.1) is 0 Å². The van der Waals surface area contributed by atoms with E-state index in [1.54, 1.807) is 0 Å².